The highest BCUT2D eigenvalue weighted by molar-refractivity contribution is 6.01. The smallest absolute Gasteiger partial charge is 0.252 e. The van der Waals surface area contributed by atoms with E-state index in [4.69, 9.17) is 9.47 Å². The van der Waals surface area contributed by atoms with Crippen LogP contribution in [0, 0.1) is 5.82 Å². The first-order valence-corrected chi connectivity index (χ1v) is 9.53. The summed E-state index contributed by atoms with van der Waals surface area (Å²) >= 11 is 0. The van der Waals surface area contributed by atoms with E-state index >= 15 is 0 Å². The van der Waals surface area contributed by atoms with Crippen LogP contribution < -0.4 is 5.32 Å². The number of benzene rings is 2. The van der Waals surface area contributed by atoms with Crippen LogP contribution in [0.5, 0.6) is 0 Å². The maximum atomic E-state index is 13.2. The molecular weight excluding hydrogens is 345 g/mol. The molecule has 2 aliphatic heterocycles. The Morgan fingerprint density at radius 3 is 2.56 bits per heavy atom. The Labute approximate surface area is 158 Å². The first-order chi connectivity index (χ1) is 13.2. The number of hydrogen-bond acceptors (Lipinski definition) is 3. The highest BCUT2D eigenvalue weighted by Crippen LogP contribution is 2.34. The molecule has 1 amide bonds. The number of hydrogen-bond donors (Lipinski definition) is 1. The van der Waals surface area contributed by atoms with Crippen molar-refractivity contribution >= 4 is 5.91 Å². The molecule has 2 aromatic carbocycles. The van der Waals surface area contributed by atoms with Crippen molar-refractivity contribution in [1.82, 2.24) is 5.32 Å². The summed E-state index contributed by atoms with van der Waals surface area (Å²) in [6.45, 7) is 2.09. The average Bonchev–Trinajstić information content (AvgIpc) is 2.69. The van der Waals surface area contributed by atoms with Crippen LogP contribution in [-0.4, -0.2) is 37.4 Å². The minimum absolute atomic E-state index is 0.0885. The van der Waals surface area contributed by atoms with Crippen LogP contribution in [0.2, 0.25) is 0 Å². The third-order valence-corrected chi connectivity index (χ3v) is 5.56. The van der Waals surface area contributed by atoms with Gasteiger partial charge in [0.1, 0.15) is 5.82 Å². The summed E-state index contributed by atoms with van der Waals surface area (Å²) in [4.78, 5) is 13.0. The predicted octanol–water partition coefficient (Wildman–Crippen LogP) is 3.95. The lowest BCUT2D eigenvalue weighted by Crippen LogP contribution is -2.51. The topological polar surface area (TPSA) is 47.6 Å². The lowest BCUT2D eigenvalue weighted by molar-refractivity contribution is -0.139. The predicted molar refractivity (Wildman–Crippen MR) is 101 cm³/mol. The molecule has 2 fully saturated rings. The van der Waals surface area contributed by atoms with Gasteiger partial charge in [-0.25, -0.2) is 4.39 Å². The summed E-state index contributed by atoms with van der Waals surface area (Å²) < 4.78 is 24.8. The van der Waals surface area contributed by atoms with Crippen LogP contribution in [-0.2, 0) is 9.47 Å². The van der Waals surface area contributed by atoms with E-state index in [-0.39, 0.29) is 23.4 Å². The largest absolute Gasteiger partial charge is 0.381 e. The fraction of sp³-hybridized carbons (Fsp3) is 0.409. The highest BCUT2D eigenvalue weighted by Gasteiger charge is 2.39. The molecule has 2 aromatic rings. The molecule has 2 saturated heterocycles. The SMILES string of the molecule is O=C(N[C@@H]1CCOC2(CCOCC2)C1)c1ccccc1-c1ccc(F)cc1. The number of carbonyl (C=O) groups is 1. The van der Waals surface area contributed by atoms with Gasteiger partial charge in [-0.3, -0.25) is 4.79 Å². The highest BCUT2D eigenvalue weighted by atomic mass is 19.1. The van der Waals surface area contributed by atoms with Crippen LogP contribution in [0.25, 0.3) is 11.1 Å². The standard InChI is InChI=1S/C22H24FNO3/c23-17-7-5-16(6-8-17)19-3-1-2-4-20(19)21(25)24-18-9-12-27-22(15-18)10-13-26-14-11-22/h1-8,18H,9-15H2,(H,24,25)/t18-/m1/s1. The molecule has 0 aliphatic carbocycles. The van der Waals surface area contributed by atoms with Gasteiger partial charge in [0, 0.05) is 31.4 Å². The normalized spacial score (nSPS) is 21.7. The van der Waals surface area contributed by atoms with Crippen molar-refractivity contribution in [1.29, 1.82) is 0 Å². The molecule has 27 heavy (non-hydrogen) atoms. The maximum Gasteiger partial charge on any atom is 0.252 e. The third kappa shape index (κ3) is 4.04. The Morgan fingerprint density at radius 2 is 1.78 bits per heavy atom. The van der Waals surface area contributed by atoms with E-state index in [1.807, 2.05) is 24.3 Å². The summed E-state index contributed by atoms with van der Waals surface area (Å²) in [6, 6.07) is 13.8. The fourth-order valence-electron chi connectivity index (χ4n) is 4.07. The van der Waals surface area contributed by atoms with Gasteiger partial charge in [-0.2, -0.15) is 0 Å². The number of ether oxygens (including phenoxy) is 2. The quantitative estimate of drug-likeness (QED) is 0.891. The minimum Gasteiger partial charge on any atom is -0.381 e. The summed E-state index contributed by atoms with van der Waals surface area (Å²) in [5.74, 6) is -0.381. The first kappa shape index (κ1) is 18.1. The first-order valence-electron chi connectivity index (χ1n) is 9.53. The monoisotopic (exact) mass is 369 g/mol. The Balaban J connectivity index is 1.51. The summed E-state index contributed by atoms with van der Waals surface area (Å²) in [6.07, 6.45) is 3.39. The van der Waals surface area contributed by atoms with Gasteiger partial charge in [-0.15, -0.1) is 0 Å². The van der Waals surface area contributed by atoms with Crippen molar-refractivity contribution < 1.29 is 18.7 Å². The molecule has 0 bridgehead atoms. The molecular formula is C22H24FNO3. The fourth-order valence-corrected chi connectivity index (χ4v) is 4.07. The minimum atomic E-state index is -0.287. The van der Waals surface area contributed by atoms with Gasteiger partial charge in [0.05, 0.1) is 5.60 Å². The van der Waals surface area contributed by atoms with Crippen LogP contribution in [0.3, 0.4) is 0 Å². The molecule has 0 saturated carbocycles. The molecule has 1 N–H and O–H groups in total. The Hall–Kier alpha value is -2.24. The third-order valence-electron chi connectivity index (χ3n) is 5.56. The van der Waals surface area contributed by atoms with Crippen molar-refractivity contribution in [3.8, 4) is 11.1 Å². The number of carbonyl (C=O) groups excluding carboxylic acids is 1. The van der Waals surface area contributed by atoms with Crippen molar-refractivity contribution in [2.24, 2.45) is 0 Å². The van der Waals surface area contributed by atoms with Gasteiger partial charge < -0.3 is 14.8 Å². The Bertz CT molecular complexity index is 794. The molecule has 0 aromatic heterocycles. The molecule has 1 atom stereocenters. The zero-order chi connectivity index (χ0) is 18.7. The number of rotatable bonds is 3. The number of halogens is 1. The van der Waals surface area contributed by atoms with E-state index in [1.165, 1.54) is 12.1 Å². The number of nitrogens with one attached hydrogen (secondary N) is 1. The van der Waals surface area contributed by atoms with E-state index in [9.17, 15) is 9.18 Å². The number of amides is 1. The molecule has 5 heteroatoms. The average molecular weight is 369 g/mol. The van der Waals surface area contributed by atoms with Gasteiger partial charge in [-0.05, 0) is 55.0 Å². The van der Waals surface area contributed by atoms with E-state index in [0.717, 1.165) is 36.8 Å². The molecule has 4 nitrogen and oxygen atoms in total. The van der Waals surface area contributed by atoms with E-state index in [1.54, 1.807) is 12.1 Å². The summed E-state index contributed by atoms with van der Waals surface area (Å²) in [5.41, 5.74) is 2.08. The molecule has 1 spiro atoms. The van der Waals surface area contributed by atoms with Crippen LogP contribution in [0.4, 0.5) is 4.39 Å². The second kappa shape index (κ2) is 7.79. The van der Waals surface area contributed by atoms with Crippen LogP contribution in [0.15, 0.2) is 48.5 Å². The molecule has 142 valence electrons. The molecule has 4 rings (SSSR count). The lowest BCUT2D eigenvalue weighted by atomic mass is 9.84. The van der Waals surface area contributed by atoms with Gasteiger partial charge in [0.2, 0.25) is 0 Å². The molecule has 2 heterocycles. The van der Waals surface area contributed by atoms with Gasteiger partial charge in [0.25, 0.3) is 5.91 Å². The Morgan fingerprint density at radius 1 is 1.04 bits per heavy atom. The van der Waals surface area contributed by atoms with E-state index in [0.29, 0.717) is 25.4 Å². The maximum absolute atomic E-state index is 13.2. The van der Waals surface area contributed by atoms with Gasteiger partial charge in [-0.1, -0.05) is 30.3 Å². The van der Waals surface area contributed by atoms with Crippen molar-refractivity contribution in [2.75, 3.05) is 19.8 Å². The van der Waals surface area contributed by atoms with Crippen molar-refractivity contribution in [2.45, 2.75) is 37.3 Å². The van der Waals surface area contributed by atoms with E-state index < -0.39 is 0 Å². The van der Waals surface area contributed by atoms with Crippen LogP contribution >= 0.6 is 0 Å². The second-order valence-corrected chi connectivity index (χ2v) is 7.36. The summed E-state index contributed by atoms with van der Waals surface area (Å²) in [5, 5.41) is 3.19. The van der Waals surface area contributed by atoms with E-state index in [2.05, 4.69) is 5.32 Å². The Kier molecular flexibility index (Phi) is 5.23. The van der Waals surface area contributed by atoms with Crippen molar-refractivity contribution in [3.63, 3.8) is 0 Å². The molecule has 2 aliphatic rings. The zero-order valence-corrected chi connectivity index (χ0v) is 15.2. The van der Waals surface area contributed by atoms with Gasteiger partial charge in [0.15, 0.2) is 0 Å². The van der Waals surface area contributed by atoms with Crippen LogP contribution in [0.1, 0.15) is 36.0 Å². The molecule has 0 unspecified atom stereocenters. The summed E-state index contributed by atoms with van der Waals surface area (Å²) in [7, 11) is 0. The second-order valence-electron chi connectivity index (χ2n) is 7.36. The lowest BCUT2D eigenvalue weighted by Gasteiger charge is -2.43. The van der Waals surface area contributed by atoms with Crippen molar-refractivity contribution in [3.05, 3.63) is 59.9 Å². The zero-order valence-electron chi connectivity index (χ0n) is 15.2. The molecule has 0 radical (unpaired) electrons. The van der Waals surface area contributed by atoms with Gasteiger partial charge >= 0.3 is 0 Å².